The van der Waals surface area contributed by atoms with Crippen molar-refractivity contribution in [3.05, 3.63) is 26.3 Å². The second kappa shape index (κ2) is 5.42. The number of nitrogens with one attached hydrogen (secondary N) is 1. The summed E-state index contributed by atoms with van der Waals surface area (Å²) in [5.74, 6) is 0.585. The number of H-pyrrole nitrogens is 1. The molecule has 0 aliphatic rings. The van der Waals surface area contributed by atoms with E-state index in [1.165, 1.54) is 0 Å². The van der Waals surface area contributed by atoms with Crippen molar-refractivity contribution >= 4 is 15.9 Å². The number of hydrogen-bond acceptors (Lipinski definition) is 3. The third-order valence-corrected chi connectivity index (χ3v) is 2.90. The summed E-state index contributed by atoms with van der Waals surface area (Å²) in [6, 6.07) is 0. The fourth-order valence-corrected chi connectivity index (χ4v) is 1.75. The molecule has 84 valence electrons. The second-order valence-electron chi connectivity index (χ2n) is 3.16. The van der Waals surface area contributed by atoms with E-state index in [1.807, 2.05) is 20.8 Å². The van der Waals surface area contributed by atoms with Crippen molar-refractivity contribution < 1.29 is 4.74 Å². The quantitative estimate of drug-likeness (QED) is 0.916. The highest BCUT2D eigenvalue weighted by Crippen LogP contribution is 2.15. The molecule has 0 radical (unpaired) electrons. The maximum Gasteiger partial charge on any atom is 0.265 e. The summed E-state index contributed by atoms with van der Waals surface area (Å²) < 4.78 is 5.89. The zero-order valence-electron chi connectivity index (χ0n) is 9.13. The van der Waals surface area contributed by atoms with Crippen molar-refractivity contribution in [3.8, 4) is 0 Å². The van der Waals surface area contributed by atoms with Gasteiger partial charge in [-0.3, -0.25) is 4.79 Å². The Morgan fingerprint density at radius 2 is 2.20 bits per heavy atom. The molecule has 1 heterocycles. The molecule has 1 aromatic rings. The lowest BCUT2D eigenvalue weighted by Gasteiger charge is -2.12. The van der Waals surface area contributed by atoms with Crippen molar-refractivity contribution in [2.75, 3.05) is 6.61 Å². The van der Waals surface area contributed by atoms with E-state index in [0.717, 1.165) is 12.1 Å². The van der Waals surface area contributed by atoms with Crippen LogP contribution in [0.1, 0.15) is 38.4 Å². The normalized spacial score (nSPS) is 12.8. The van der Waals surface area contributed by atoms with E-state index in [-0.39, 0.29) is 11.7 Å². The van der Waals surface area contributed by atoms with Crippen LogP contribution in [-0.4, -0.2) is 16.6 Å². The van der Waals surface area contributed by atoms with E-state index < -0.39 is 0 Å². The van der Waals surface area contributed by atoms with Gasteiger partial charge in [0.2, 0.25) is 0 Å². The Balaban J connectivity index is 3.11. The molecule has 1 rings (SSSR count). The number of halogens is 1. The average Bonchev–Trinajstić information content (AvgIpc) is 2.22. The van der Waals surface area contributed by atoms with Crippen LogP contribution in [0.5, 0.6) is 0 Å². The summed E-state index contributed by atoms with van der Waals surface area (Å²) in [6.45, 7) is 6.34. The molecular weight excluding hydrogens is 260 g/mol. The Labute approximate surface area is 97.2 Å². The molecule has 1 unspecified atom stereocenters. The van der Waals surface area contributed by atoms with Gasteiger partial charge >= 0.3 is 0 Å². The number of aromatic nitrogens is 2. The molecule has 0 fully saturated rings. The van der Waals surface area contributed by atoms with Crippen LogP contribution in [0.3, 0.4) is 0 Å². The van der Waals surface area contributed by atoms with Gasteiger partial charge in [0.1, 0.15) is 16.4 Å². The maximum absolute atomic E-state index is 11.5. The van der Waals surface area contributed by atoms with Crippen LogP contribution < -0.4 is 5.56 Å². The minimum absolute atomic E-state index is 0.150. The monoisotopic (exact) mass is 274 g/mol. The Morgan fingerprint density at radius 3 is 2.73 bits per heavy atom. The first kappa shape index (κ1) is 12.4. The van der Waals surface area contributed by atoms with Gasteiger partial charge in [0.25, 0.3) is 5.56 Å². The van der Waals surface area contributed by atoms with Crippen LogP contribution in [0.15, 0.2) is 9.27 Å². The summed E-state index contributed by atoms with van der Waals surface area (Å²) in [7, 11) is 0. The summed E-state index contributed by atoms with van der Waals surface area (Å²) in [4.78, 5) is 18.6. The largest absolute Gasteiger partial charge is 0.371 e. The van der Waals surface area contributed by atoms with Crippen LogP contribution in [0.2, 0.25) is 0 Å². The standard InChI is InChI=1S/C10H15BrN2O2/c1-4-7-8(11)10(14)13-9(12-7)6(3)15-5-2/h6H,4-5H2,1-3H3,(H,12,13,14). The van der Waals surface area contributed by atoms with Crippen LogP contribution in [-0.2, 0) is 11.2 Å². The van der Waals surface area contributed by atoms with Crippen LogP contribution in [0.25, 0.3) is 0 Å². The predicted octanol–water partition coefficient (Wildman–Crippen LogP) is 2.19. The van der Waals surface area contributed by atoms with Gasteiger partial charge in [-0.25, -0.2) is 4.98 Å². The topological polar surface area (TPSA) is 55.0 Å². The first-order valence-electron chi connectivity index (χ1n) is 5.00. The highest BCUT2D eigenvalue weighted by Gasteiger charge is 2.12. The Bertz CT molecular complexity index is 389. The Morgan fingerprint density at radius 1 is 1.53 bits per heavy atom. The molecule has 0 aliphatic heterocycles. The van der Waals surface area contributed by atoms with Gasteiger partial charge in [0, 0.05) is 6.61 Å². The molecule has 0 spiro atoms. The van der Waals surface area contributed by atoms with Gasteiger partial charge in [-0.15, -0.1) is 0 Å². The average molecular weight is 275 g/mol. The highest BCUT2D eigenvalue weighted by atomic mass is 79.9. The lowest BCUT2D eigenvalue weighted by atomic mass is 10.3. The minimum atomic E-state index is -0.180. The molecule has 0 aliphatic carbocycles. The van der Waals surface area contributed by atoms with Gasteiger partial charge < -0.3 is 9.72 Å². The fraction of sp³-hybridized carbons (Fsp3) is 0.600. The summed E-state index contributed by atoms with van der Waals surface area (Å²) >= 11 is 3.22. The SMILES string of the molecule is CCOC(C)c1nc(CC)c(Br)c(=O)[nH]1. The molecule has 1 atom stereocenters. The molecule has 0 saturated carbocycles. The smallest absolute Gasteiger partial charge is 0.265 e. The molecule has 0 amide bonds. The van der Waals surface area contributed by atoms with Crippen molar-refractivity contribution in [1.82, 2.24) is 9.97 Å². The van der Waals surface area contributed by atoms with Gasteiger partial charge in [-0.2, -0.15) is 0 Å². The van der Waals surface area contributed by atoms with E-state index in [1.54, 1.807) is 0 Å². The molecule has 0 aromatic carbocycles. The zero-order chi connectivity index (χ0) is 11.4. The van der Waals surface area contributed by atoms with Crippen molar-refractivity contribution in [2.45, 2.75) is 33.3 Å². The molecule has 1 aromatic heterocycles. The lowest BCUT2D eigenvalue weighted by molar-refractivity contribution is 0.0696. The molecule has 5 heteroatoms. The second-order valence-corrected chi connectivity index (χ2v) is 3.96. The number of ether oxygens (including phenoxy) is 1. The van der Waals surface area contributed by atoms with Gasteiger partial charge in [0.05, 0.1) is 5.69 Å². The summed E-state index contributed by atoms with van der Waals surface area (Å²) in [5.41, 5.74) is 0.615. The number of rotatable bonds is 4. The zero-order valence-corrected chi connectivity index (χ0v) is 10.7. The molecule has 0 saturated heterocycles. The summed E-state index contributed by atoms with van der Waals surface area (Å²) in [5, 5.41) is 0. The van der Waals surface area contributed by atoms with Crippen LogP contribution >= 0.6 is 15.9 Å². The molecule has 1 N–H and O–H groups in total. The molecular formula is C10H15BrN2O2. The third kappa shape index (κ3) is 2.89. The molecule has 4 nitrogen and oxygen atoms in total. The predicted molar refractivity (Wildman–Crippen MR) is 62.0 cm³/mol. The number of aryl methyl sites for hydroxylation is 1. The summed E-state index contributed by atoms with van der Waals surface area (Å²) in [6.07, 6.45) is 0.539. The van der Waals surface area contributed by atoms with Crippen LogP contribution in [0.4, 0.5) is 0 Å². The third-order valence-electron chi connectivity index (χ3n) is 2.09. The van der Waals surface area contributed by atoms with Gasteiger partial charge in [0.15, 0.2) is 0 Å². The lowest BCUT2D eigenvalue weighted by Crippen LogP contribution is -2.18. The molecule has 15 heavy (non-hydrogen) atoms. The van der Waals surface area contributed by atoms with E-state index >= 15 is 0 Å². The van der Waals surface area contributed by atoms with Crippen LogP contribution in [0, 0.1) is 0 Å². The van der Waals surface area contributed by atoms with Crippen molar-refractivity contribution in [3.63, 3.8) is 0 Å². The number of nitrogens with zero attached hydrogens (tertiary/aromatic N) is 1. The first-order valence-corrected chi connectivity index (χ1v) is 5.79. The van der Waals surface area contributed by atoms with Crippen molar-refractivity contribution in [1.29, 1.82) is 0 Å². The Kier molecular flexibility index (Phi) is 4.47. The van der Waals surface area contributed by atoms with E-state index in [4.69, 9.17) is 4.74 Å². The van der Waals surface area contributed by atoms with E-state index in [2.05, 4.69) is 25.9 Å². The van der Waals surface area contributed by atoms with Gasteiger partial charge in [-0.1, -0.05) is 6.92 Å². The maximum atomic E-state index is 11.5. The Hall–Kier alpha value is -0.680. The van der Waals surface area contributed by atoms with E-state index in [9.17, 15) is 4.79 Å². The molecule has 0 bridgehead atoms. The first-order chi connectivity index (χ1) is 7.10. The van der Waals surface area contributed by atoms with Crippen molar-refractivity contribution in [2.24, 2.45) is 0 Å². The van der Waals surface area contributed by atoms with Gasteiger partial charge in [-0.05, 0) is 36.2 Å². The minimum Gasteiger partial charge on any atom is -0.371 e. The number of aromatic amines is 1. The fourth-order valence-electron chi connectivity index (χ4n) is 1.28. The highest BCUT2D eigenvalue weighted by molar-refractivity contribution is 9.10. The number of hydrogen-bond donors (Lipinski definition) is 1. The van der Waals surface area contributed by atoms with E-state index in [0.29, 0.717) is 16.9 Å².